The molecule has 0 aromatic carbocycles. The topological polar surface area (TPSA) is 12.0 Å². The summed E-state index contributed by atoms with van der Waals surface area (Å²) >= 11 is 0. The summed E-state index contributed by atoms with van der Waals surface area (Å²) in [6, 6.07) is 0. The highest BCUT2D eigenvalue weighted by Crippen LogP contribution is 2.04. The van der Waals surface area contributed by atoms with Crippen molar-refractivity contribution < 1.29 is 0 Å². The largest absolute Gasteiger partial charge is 0.391 e. The molecule has 1 rings (SSSR count). The van der Waals surface area contributed by atoms with Crippen molar-refractivity contribution in [2.75, 3.05) is 7.05 Å². The smallest absolute Gasteiger partial charge is 0.0142 e. The minimum atomic E-state index is 1.08. The Labute approximate surface area is 71.2 Å². The van der Waals surface area contributed by atoms with Crippen molar-refractivity contribution in [3.63, 3.8) is 0 Å². The summed E-state index contributed by atoms with van der Waals surface area (Å²) in [4.78, 5) is 0. The molecule has 66 valence electrons. The molecule has 0 aromatic rings. The highest BCUT2D eigenvalue weighted by atomic mass is 14.8. The van der Waals surface area contributed by atoms with Crippen LogP contribution in [0.15, 0.2) is 23.9 Å². The average Bonchev–Trinajstić information content (AvgIpc) is 2.63. The maximum absolute atomic E-state index is 3.06. The molecule has 0 atom stereocenters. The van der Waals surface area contributed by atoms with Gasteiger partial charge in [-0.05, 0) is 6.08 Å². The Morgan fingerprint density at radius 1 is 1.18 bits per heavy atom. The van der Waals surface area contributed by atoms with Gasteiger partial charge in [-0.1, -0.05) is 39.8 Å². The third kappa shape index (κ3) is 7.17. The number of rotatable bonds is 1. The van der Waals surface area contributed by atoms with E-state index >= 15 is 0 Å². The maximum Gasteiger partial charge on any atom is 0.0142 e. The second-order valence-electron chi connectivity index (χ2n) is 1.57. The van der Waals surface area contributed by atoms with Gasteiger partial charge in [0, 0.05) is 19.2 Å². The molecular formula is C10H21N. The van der Waals surface area contributed by atoms with Crippen molar-refractivity contribution in [1.82, 2.24) is 5.32 Å². The molecule has 11 heavy (non-hydrogen) atoms. The lowest BCUT2D eigenvalue weighted by atomic mass is 10.4. The molecule has 0 heterocycles. The number of nitrogens with one attached hydrogen (secondary N) is 1. The molecule has 0 saturated carbocycles. The van der Waals surface area contributed by atoms with Crippen molar-refractivity contribution in [3.05, 3.63) is 23.9 Å². The molecule has 1 aliphatic carbocycles. The molecule has 0 unspecified atom stereocenters. The van der Waals surface area contributed by atoms with Gasteiger partial charge >= 0.3 is 0 Å². The monoisotopic (exact) mass is 155 g/mol. The first kappa shape index (κ1) is 12.9. The van der Waals surface area contributed by atoms with E-state index < -0.39 is 0 Å². The highest BCUT2D eigenvalue weighted by Gasteiger charge is 1.91. The van der Waals surface area contributed by atoms with Crippen molar-refractivity contribution in [1.29, 1.82) is 0 Å². The Morgan fingerprint density at radius 3 is 1.91 bits per heavy atom. The molecule has 0 aromatic heterocycles. The van der Waals surface area contributed by atoms with E-state index in [0.29, 0.717) is 0 Å². The zero-order valence-electron chi connectivity index (χ0n) is 8.44. The van der Waals surface area contributed by atoms with Crippen LogP contribution < -0.4 is 5.32 Å². The SMILES string of the molecule is CC.CC.CNC1=CC=CC1. The van der Waals surface area contributed by atoms with Crippen LogP contribution in [0.5, 0.6) is 0 Å². The first-order valence-electron chi connectivity index (χ1n) is 4.47. The van der Waals surface area contributed by atoms with Crippen LogP contribution in [0.3, 0.4) is 0 Å². The zero-order chi connectivity index (χ0) is 9.11. The summed E-state index contributed by atoms with van der Waals surface area (Å²) in [6.45, 7) is 8.00. The summed E-state index contributed by atoms with van der Waals surface area (Å²) < 4.78 is 0. The minimum absolute atomic E-state index is 1.08. The summed E-state index contributed by atoms with van der Waals surface area (Å²) in [5.41, 5.74) is 1.31. The Morgan fingerprint density at radius 2 is 1.73 bits per heavy atom. The third-order valence-electron chi connectivity index (χ3n) is 1.09. The molecule has 0 fully saturated rings. The van der Waals surface area contributed by atoms with E-state index in [-0.39, 0.29) is 0 Å². The molecule has 0 spiro atoms. The summed E-state index contributed by atoms with van der Waals surface area (Å²) in [5.74, 6) is 0. The van der Waals surface area contributed by atoms with Gasteiger partial charge in [0.25, 0.3) is 0 Å². The Balaban J connectivity index is 0. The minimum Gasteiger partial charge on any atom is -0.391 e. The fraction of sp³-hybridized carbons (Fsp3) is 0.600. The van der Waals surface area contributed by atoms with E-state index in [2.05, 4.69) is 23.5 Å². The van der Waals surface area contributed by atoms with Crippen LogP contribution in [0.1, 0.15) is 34.1 Å². The lowest BCUT2D eigenvalue weighted by Gasteiger charge is -1.94. The summed E-state index contributed by atoms with van der Waals surface area (Å²) in [7, 11) is 1.94. The van der Waals surface area contributed by atoms with E-state index in [1.54, 1.807) is 0 Å². The number of hydrogen-bond donors (Lipinski definition) is 1. The second-order valence-corrected chi connectivity index (χ2v) is 1.57. The van der Waals surface area contributed by atoms with E-state index in [1.165, 1.54) is 5.70 Å². The van der Waals surface area contributed by atoms with Gasteiger partial charge in [-0.3, -0.25) is 0 Å². The van der Waals surface area contributed by atoms with Gasteiger partial charge in [-0.15, -0.1) is 0 Å². The Bertz CT molecular complexity index is 112. The summed E-state index contributed by atoms with van der Waals surface area (Å²) in [5, 5.41) is 3.06. The van der Waals surface area contributed by atoms with Crippen LogP contribution in [0.2, 0.25) is 0 Å². The molecule has 1 aliphatic rings. The second kappa shape index (κ2) is 12.0. The van der Waals surface area contributed by atoms with E-state index in [4.69, 9.17) is 0 Å². The van der Waals surface area contributed by atoms with Crippen LogP contribution in [0.25, 0.3) is 0 Å². The fourth-order valence-electron chi connectivity index (χ4n) is 0.633. The van der Waals surface area contributed by atoms with Crippen LogP contribution in [0, 0.1) is 0 Å². The quantitative estimate of drug-likeness (QED) is 0.613. The Kier molecular flexibility index (Phi) is 14.1. The molecule has 0 amide bonds. The number of hydrogen-bond acceptors (Lipinski definition) is 1. The van der Waals surface area contributed by atoms with Crippen LogP contribution in [0.4, 0.5) is 0 Å². The molecule has 0 saturated heterocycles. The van der Waals surface area contributed by atoms with Gasteiger partial charge in [0.05, 0.1) is 0 Å². The zero-order valence-corrected chi connectivity index (χ0v) is 8.44. The Hall–Kier alpha value is -0.720. The lowest BCUT2D eigenvalue weighted by molar-refractivity contribution is 0.953. The highest BCUT2D eigenvalue weighted by molar-refractivity contribution is 5.20. The van der Waals surface area contributed by atoms with E-state index in [0.717, 1.165) is 6.42 Å². The van der Waals surface area contributed by atoms with Crippen LogP contribution in [-0.4, -0.2) is 7.05 Å². The molecular weight excluding hydrogens is 134 g/mol. The molecule has 1 heteroatoms. The van der Waals surface area contributed by atoms with Crippen molar-refractivity contribution in [2.45, 2.75) is 34.1 Å². The van der Waals surface area contributed by atoms with Crippen LogP contribution >= 0.6 is 0 Å². The van der Waals surface area contributed by atoms with Crippen molar-refractivity contribution in [3.8, 4) is 0 Å². The molecule has 1 N–H and O–H groups in total. The van der Waals surface area contributed by atoms with Gasteiger partial charge in [-0.2, -0.15) is 0 Å². The maximum atomic E-state index is 3.06. The van der Waals surface area contributed by atoms with E-state index in [9.17, 15) is 0 Å². The van der Waals surface area contributed by atoms with Gasteiger partial charge in [-0.25, -0.2) is 0 Å². The molecule has 0 bridgehead atoms. The normalized spacial score (nSPS) is 11.9. The predicted molar refractivity (Wildman–Crippen MR) is 53.6 cm³/mol. The fourth-order valence-corrected chi connectivity index (χ4v) is 0.633. The third-order valence-corrected chi connectivity index (χ3v) is 1.09. The lowest BCUT2D eigenvalue weighted by Crippen LogP contribution is -2.01. The average molecular weight is 155 g/mol. The van der Waals surface area contributed by atoms with Gasteiger partial charge in [0.1, 0.15) is 0 Å². The van der Waals surface area contributed by atoms with Gasteiger partial charge < -0.3 is 5.32 Å². The van der Waals surface area contributed by atoms with Gasteiger partial charge in [0.15, 0.2) is 0 Å². The first-order valence-corrected chi connectivity index (χ1v) is 4.47. The van der Waals surface area contributed by atoms with Crippen LogP contribution in [-0.2, 0) is 0 Å². The molecule has 0 aliphatic heterocycles. The summed E-state index contributed by atoms with van der Waals surface area (Å²) in [6.07, 6.45) is 7.36. The molecule has 1 nitrogen and oxygen atoms in total. The van der Waals surface area contributed by atoms with E-state index in [1.807, 2.05) is 34.7 Å². The van der Waals surface area contributed by atoms with Crippen molar-refractivity contribution in [2.24, 2.45) is 0 Å². The van der Waals surface area contributed by atoms with Gasteiger partial charge in [0.2, 0.25) is 0 Å². The van der Waals surface area contributed by atoms with Crippen molar-refractivity contribution >= 4 is 0 Å². The predicted octanol–water partition coefficient (Wildman–Crippen LogP) is 3.10. The first-order chi connectivity index (χ1) is 5.43. The molecule has 0 radical (unpaired) electrons. The standard InChI is InChI=1S/C6H9N.2C2H6/c1-7-6-4-2-3-5-6;2*1-2/h2-4,7H,5H2,1H3;2*1-2H3. The number of allylic oxidation sites excluding steroid dienone is 3.